The quantitative estimate of drug-likeness (QED) is 0.745. The van der Waals surface area contributed by atoms with Crippen molar-refractivity contribution in [3.63, 3.8) is 0 Å². The number of rotatable bonds is 4. The first-order valence-electron chi connectivity index (χ1n) is 8.00. The number of H-pyrrole nitrogens is 1. The van der Waals surface area contributed by atoms with Gasteiger partial charge in [-0.3, -0.25) is 14.4 Å². The Kier molecular flexibility index (Phi) is 4.61. The van der Waals surface area contributed by atoms with Gasteiger partial charge in [-0.1, -0.05) is 12.1 Å². The molecule has 0 spiro atoms. The molecule has 4 N–H and O–H groups in total. The third-order valence-corrected chi connectivity index (χ3v) is 4.40. The standard InChI is InChI=1S/C17H20N4O3/c18-8-11-4-3-7-21(11)15(22)10-20-17(24)13-9-19-14-6-2-1-5-12(14)16(13)23/h1-2,5-6,9,11H,3-4,7-8,10,18H2,(H,19,23)(H,20,24). The van der Waals surface area contributed by atoms with Crippen molar-refractivity contribution in [3.05, 3.63) is 46.2 Å². The molecule has 1 atom stereocenters. The first-order chi connectivity index (χ1) is 11.6. The third kappa shape index (κ3) is 3.03. The molecule has 126 valence electrons. The smallest absolute Gasteiger partial charge is 0.257 e. The first kappa shape index (κ1) is 16.2. The molecule has 1 unspecified atom stereocenters. The molecule has 2 amide bonds. The number of aromatic nitrogens is 1. The number of hydrogen-bond donors (Lipinski definition) is 3. The van der Waals surface area contributed by atoms with E-state index in [-0.39, 0.29) is 29.5 Å². The van der Waals surface area contributed by atoms with Gasteiger partial charge in [-0.05, 0) is 25.0 Å². The molecule has 0 bridgehead atoms. The Bertz CT molecular complexity index is 830. The van der Waals surface area contributed by atoms with Crippen molar-refractivity contribution < 1.29 is 9.59 Å². The van der Waals surface area contributed by atoms with Gasteiger partial charge >= 0.3 is 0 Å². The number of benzene rings is 1. The van der Waals surface area contributed by atoms with Crippen LogP contribution >= 0.6 is 0 Å². The number of carbonyl (C=O) groups excluding carboxylic acids is 2. The van der Waals surface area contributed by atoms with Gasteiger partial charge in [0.2, 0.25) is 11.3 Å². The van der Waals surface area contributed by atoms with E-state index >= 15 is 0 Å². The lowest BCUT2D eigenvalue weighted by atomic mass is 10.1. The maximum Gasteiger partial charge on any atom is 0.257 e. The Morgan fingerprint density at radius 3 is 2.92 bits per heavy atom. The number of aromatic amines is 1. The lowest BCUT2D eigenvalue weighted by Crippen LogP contribution is -2.45. The molecule has 1 fully saturated rings. The molecule has 1 aliphatic heterocycles. The van der Waals surface area contributed by atoms with Crippen LogP contribution < -0.4 is 16.5 Å². The van der Waals surface area contributed by atoms with E-state index in [1.165, 1.54) is 6.20 Å². The summed E-state index contributed by atoms with van der Waals surface area (Å²) in [5.74, 6) is -0.729. The molecule has 7 heteroatoms. The maximum absolute atomic E-state index is 12.4. The summed E-state index contributed by atoms with van der Waals surface area (Å²) in [6, 6.07) is 7.01. The Balaban J connectivity index is 1.70. The third-order valence-electron chi connectivity index (χ3n) is 4.40. The second kappa shape index (κ2) is 6.84. The minimum atomic E-state index is -0.557. The molecule has 2 heterocycles. The van der Waals surface area contributed by atoms with Gasteiger partial charge in [-0.25, -0.2) is 0 Å². The first-order valence-corrected chi connectivity index (χ1v) is 8.00. The molecule has 1 aliphatic rings. The number of para-hydroxylation sites is 1. The van der Waals surface area contributed by atoms with Crippen LogP contribution in [0.15, 0.2) is 35.3 Å². The molecule has 1 saturated heterocycles. The second-order valence-corrected chi connectivity index (χ2v) is 5.88. The van der Waals surface area contributed by atoms with Crippen molar-refractivity contribution in [3.8, 4) is 0 Å². The van der Waals surface area contributed by atoms with Gasteiger partial charge in [-0.2, -0.15) is 0 Å². The molecular formula is C17H20N4O3. The predicted octanol–water partition coefficient (Wildman–Crippen LogP) is 0.208. The number of nitrogens with one attached hydrogen (secondary N) is 2. The second-order valence-electron chi connectivity index (χ2n) is 5.88. The van der Waals surface area contributed by atoms with Crippen molar-refractivity contribution >= 4 is 22.7 Å². The van der Waals surface area contributed by atoms with Gasteiger partial charge in [0.15, 0.2) is 0 Å². The number of carbonyl (C=O) groups is 2. The summed E-state index contributed by atoms with van der Waals surface area (Å²) < 4.78 is 0. The highest BCUT2D eigenvalue weighted by Gasteiger charge is 2.27. The van der Waals surface area contributed by atoms with Gasteiger partial charge in [-0.15, -0.1) is 0 Å². The molecule has 24 heavy (non-hydrogen) atoms. The molecule has 0 aliphatic carbocycles. The van der Waals surface area contributed by atoms with Gasteiger partial charge in [0.25, 0.3) is 5.91 Å². The van der Waals surface area contributed by atoms with Gasteiger partial charge < -0.3 is 20.9 Å². The van der Waals surface area contributed by atoms with Crippen LogP contribution in [0.25, 0.3) is 10.9 Å². The topological polar surface area (TPSA) is 108 Å². The van der Waals surface area contributed by atoms with Crippen LogP contribution in [-0.2, 0) is 4.79 Å². The molecule has 0 saturated carbocycles. The van der Waals surface area contributed by atoms with Crippen LogP contribution in [-0.4, -0.2) is 47.4 Å². The fourth-order valence-corrected chi connectivity index (χ4v) is 3.10. The van der Waals surface area contributed by atoms with Gasteiger partial charge in [0.05, 0.1) is 6.54 Å². The highest BCUT2D eigenvalue weighted by Crippen LogP contribution is 2.15. The fraction of sp³-hybridized carbons (Fsp3) is 0.353. The zero-order chi connectivity index (χ0) is 17.1. The van der Waals surface area contributed by atoms with Crippen LogP contribution in [0.3, 0.4) is 0 Å². The van der Waals surface area contributed by atoms with Gasteiger partial charge in [0, 0.05) is 36.2 Å². The Morgan fingerprint density at radius 1 is 1.33 bits per heavy atom. The number of pyridine rings is 1. The monoisotopic (exact) mass is 328 g/mol. The largest absolute Gasteiger partial charge is 0.360 e. The average Bonchev–Trinajstić information content (AvgIpc) is 3.09. The van der Waals surface area contributed by atoms with E-state index < -0.39 is 5.91 Å². The summed E-state index contributed by atoms with van der Waals surface area (Å²) in [5.41, 5.74) is 5.97. The van der Waals surface area contributed by atoms with E-state index in [0.717, 1.165) is 12.8 Å². The Labute approximate surface area is 138 Å². The number of amides is 2. The Hall–Kier alpha value is -2.67. The Morgan fingerprint density at radius 2 is 2.12 bits per heavy atom. The zero-order valence-corrected chi connectivity index (χ0v) is 13.2. The van der Waals surface area contributed by atoms with E-state index in [4.69, 9.17) is 5.73 Å². The molecular weight excluding hydrogens is 308 g/mol. The summed E-state index contributed by atoms with van der Waals surface area (Å²) in [4.78, 5) is 41.5. The molecule has 0 radical (unpaired) electrons. The molecule has 1 aromatic carbocycles. The summed E-state index contributed by atoms with van der Waals surface area (Å²) in [7, 11) is 0. The fourth-order valence-electron chi connectivity index (χ4n) is 3.10. The summed E-state index contributed by atoms with van der Waals surface area (Å²) >= 11 is 0. The van der Waals surface area contributed by atoms with Crippen LogP contribution in [0.2, 0.25) is 0 Å². The molecule has 2 aromatic rings. The van der Waals surface area contributed by atoms with E-state index in [1.54, 1.807) is 29.2 Å². The van der Waals surface area contributed by atoms with Crippen molar-refractivity contribution in [2.75, 3.05) is 19.6 Å². The minimum absolute atomic E-state index is 0.00158. The summed E-state index contributed by atoms with van der Waals surface area (Å²) in [5, 5.41) is 2.98. The van der Waals surface area contributed by atoms with Crippen molar-refractivity contribution in [1.29, 1.82) is 0 Å². The highest BCUT2D eigenvalue weighted by molar-refractivity contribution is 5.98. The van der Waals surface area contributed by atoms with Crippen LogP contribution in [0.5, 0.6) is 0 Å². The lowest BCUT2D eigenvalue weighted by molar-refractivity contribution is -0.130. The van der Waals surface area contributed by atoms with Crippen molar-refractivity contribution in [2.24, 2.45) is 5.73 Å². The average molecular weight is 328 g/mol. The van der Waals surface area contributed by atoms with E-state index in [2.05, 4.69) is 10.3 Å². The van der Waals surface area contributed by atoms with E-state index in [0.29, 0.717) is 24.0 Å². The highest BCUT2D eigenvalue weighted by atomic mass is 16.2. The number of likely N-dealkylation sites (tertiary alicyclic amines) is 1. The molecule has 3 rings (SSSR count). The molecule has 7 nitrogen and oxygen atoms in total. The summed E-state index contributed by atoms with van der Waals surface area (Å²) in [6.07, 6.45) is 3.19. The number of nitrogens with two attached hydrogens (primary N) is 1. The van der Waals surface area contributed by atoms with Gasteiger partial charge in [0.1, 0.15) is 5.56 Å². The lowest BCUT2D eigenvalue weighted by Gasteiger charge is -2.23. The zero-order valence-electron chi connectivity index (χ0n) is 13.2. The predicted molar refractivity (Wildman–Crippen MR) is 90.7 cm³/mol. The normalized spacial score (nSPS) is 17.2. The SMILES string of the molecule is NCC1CCCN1C(=O)CNC(=O)c1c[nH]c2ccccc2c1=O. The number of nitrogens with zero attached hydrogens (tertiary/aromatic N) is 1. The van der Waals surface area contributed by atoms with Crippen molar-refractivity contribution in [2.45, 2.75) is 18.9 Å². The van der Waals surface area contributed by atoms with Crippen LogP contribution in [0.4, 0.5) is 0 Å². The summed E-state index contributed by atoms with van der Waals surface area (Å²) in [6.45, 7) is 0.943. The number of hydrogen-bond acceptors (Lipinski definition) is 4. The van der Waals surface area contributed by atoms with Crippen molar-refractivity contribution in [1.82, 2.24) is 15.2 Å². The molecule has 1 aromatic heterocycles. The van der Waals surface area contributed by atoms with E-state index in [1.807, 2.05) is 0 Å². The van der Waals surface area contributed by atoms with Crippen LogP contribution in [0, 0.1) is 0 Å². The maximum atomic E-state index is 12.4. The van der Waals surface area contributed by atoms with E-state index in [9.17, 15) is 14.4 Å². The number of fused-ring (bicyclic) bond motifs is 1. The minimum Gasteiger partial charge on any atom is -0.360 e. The van der Waals surface area contributed by atoms with Crippen LogP contribution in [0.1, 0.15) is 23.2 Å².